The van der Waals surface area contributed by atoms with Gasteiger partial charge in [-0.3, -0.25) is 14.9 Å². The van der Waals surface area contributed by atoms with Crippen LogP contribution in [0.25, 0.3) is 11.3 Å². The lowest BCUT2D eigenvalue weighted by molar-refractivity contribution is 0.0741. The Kier molecular flexibility index (Phi) is 4.39. The number of nitrogens with zero attached hydrogens (tertiary/aromatic N) is 4. The minimum absolute atomic E-state index is 0.00485. The van der Waals surface area contributed by atoms with E-state index in [9.17, 15) is 4.79 Å². The zero-order chi connectivity index (χ0) is 17.9. The average Bonchev–Trinajstić information content (AvgIpc) is 3.19. The number of carbonyl (C=O) groups excluding carboxylic acids is 1. The van der Waals surface area contributed by atoms with Gasteiger partial charge in [0.2, 0.25) is 0 Å². The molecule has 0 radical (unpaired) electrons. The van der Waals surface area contributed by atoms with Crippen LogP contribution in [0.3, 0.4) is 0 Å². The van der Waals surface area contributed by atoms with Crippen molar-refractivity contribution < 1.29 is 4.79 Å². The molecule has 2 aromatic heterocycles. The minimum Gasteiger partial charge on any atom is -0.368 e. The predicted octanol–water partition coefficient (Wildman–Crippen LogP) is 2.74. The molecule has 6 heteroatoms. The molecule has 1 N–H and O–H groups in total. The molecule has 0 bridgehead atoms. The Bertz CT molecular complexity index is 880. The molecule has 132 valence electrons. The summed E-state index contributed by atoms with van der Waals surface area (Å²) in [6, 6.07) is 14.0. The standard InChI is InChI=1S/C20H21N5O/c1-15-2-4-16(5-3-15)18-14-19(23-22-18)20(26)25-12-10-24(11-13-25)17-6-8-21-9-7-17/h2-9,14H,10-13H2,1H3,(H,22,23). The third-order valence-corrected chi connectivity index (χ3v) is 4.75. The first kappa shape index (κ1) is 16.3. The highest BCUT2D eigenvalue weighted by Gasteiger charge is 2.23. The van der Waals surface area contributed by atoms with Gasteiger partial charge in [0.15, 0.2) is 0 Å². The largest absolute Gasteiger partial charge is 0.368 e. The fraction of sp³-hybridized carbons (Fsp3) is 0.250. The molecule has 1 saturated heterocycles. The third-order valence-electron chi connectivity index (χ3n) is 4.75. The second kappa shape index (κ2) is 7.00. The molecule has 0 spiro atoms. The SMILES string of the molecule is Cc1ccc(-c2cc(C(=O)N3CCN(c4ccncc4)CC3)[nH]n2)cc1. The lowest BCUT2D eigenvalue weighted by Gasteiger charge is -2.35. The molecule has 6 nitrogen and oxygen atoms in total. The number of amides is 1. The first-order chi connectivity index (χ1) is 12.7. The number of pyridine rings is 1. The molecule has 0 unspecified atom stereocenters. The van der Waals surface area contributed by atoms with Crippen LogP contribution in [0, 0.1) is 6.92 Å². The summed E-state index contributed by atoms with van der Waals surface area (Å²) < 4.78 is 0. The van der Waals surface area contributed by atoms with Crippen molar-refractivity contribution in [1.29, 1.82) is 0 Å². The van der Waals surface area contributed by atoms with Crippen LogP contribution in [-0.2, 0) is 0 Å². The van der Waals surface area contributed by atoms with Crippen LogP contribution < -0.4 is 4.90 Å². The van der Waals surface area contributed by atoms with Gasteiger partial charge in [-0.25, -0.2) is 0 Å². The van der Waals surface area contributed by atoms with E-state index in [4.69, 9.17) is 0 Å². The van der Waals surface area contributed by atoms with E-state index in [0.29, 0.717) is 18.8 Å². The van der Waals surface area contributed by atoms with Crippen LogP contribution in [0.5, 0.6) is 0 Å². The molecular formula is C20H21N5O. The predicted molar refractivity (Wildman–Crippen MR) is 101 cm³/mol. The molecule has 1 aliphatic heterocycles. The number of aromatic amines is 1. The summed E-state index contributed by atoms with van der Waals surface area (Å²) in [7, 11) is 0. The summed E-state index contributed by atoms with van der Waals surface area (Å²) >= 11 is 0. The van der Waals surface area contributed by atoms with Crippen molar-refractivity contribution in [3.05, 3.63) is 66.1 Å². The number of benzene rings is 1. The fourth-order valence-corrected chi connectivity index (χ4v) is 3.20. The van der Waals surface area contributed by atoms with Gasteiger partial charge in [0.05, 0.1) is 5.69 Å². The highest BCUT2D eigenvalue weighted by molar-refractivity contribution is 5.93. The fourth-order valence-electron chi connectivity index (χ4n) is 3.20. The number of aromatic nitrogens is 3. The lowest BCUT2D eigenvalue weighted by Crippen LogP contribution is -2.48. The van der Waals surface area contributed by atoms with Crippen molar-refractivity contribution in [2.45, 2.75) is 6.92 Å². The summed E-state index contributed by atoms with van der Waals surface area (Å²) in [5.41, 5.74) is 4.69. The molecule has 3 aromatic rings. The number of anilines is 1. The van der Waals surface area contributed by atoms with Gasteiger partial charge in [-0.05, 0) is 25.1 Å². The monoisotopic (exact) mass is 347 g/mol. The van der Waals surface area contributed by atoms with Gasteiger partial charge in [0.1, 0.15) is 5.69 Å². The number of hydrogen-bond donors (Lipinski definition) is 1. The van der Waals surface area contributed by atoms with Crippen LogP contribution >= 0.6 is 0 Å². The van der Waals surface area contributed by atoms with Gasteiger partial charge in [-0.1, -0.05) is 29.8 Å². The Hall–Kier alpha value is -3.15. The highest BCUT2D eigenvalue weighted by Crippen LogP contribution is 2.20. The van der Waals surface area contributed by atoms with E-state index in [1.807, 2.05) is 47.4 Å². The Morgan fingerprint density at radius 3 is 2.38 bits per heavy atom. The van der Waals surface area contributed by atoms with Gasteiger partial charge in [0.25, 0.3) is 5.91 Å². The number of nitrogens with one attached hydrogen (secondary N) is 1. The number of rotatable bonds is 3. The maximum absolute atomic E-state index is 12.8. The van der Waals surface area contributed by atoms with Crippen molar-refractivity contribution in [2.75, 3.05) is 31.1 Å². The van der Waals surface area contributed by atoms with Gasteiger partial charge in [-0.15, -0.1) is 0 Å². The molecule has 0 atom stereocenters. The maximum Gasteiger partial charge on any atom is 0.272 e. The molecular weight excluding hydrogens is 326 g/mol. The molecule has 1 fully saturated rings. The van der Waals surface area contributed by atoms with Gasteiger partial charge in [0, 0.05) is 49.8 Å². The minimum atomic E-state index is 0.00485. The topological polar surface area (TPSA) is 65.1 Å². The van der Waals surface area contributed by atoms with Crippen molar-refractivity contribution in [3.8, 4) is 11.3 Å². The Labute approximate surface area is 152 Å². The molecule has 1 aromatic carbocycles. The van der Waals surface area contributed by atoms with E-state index in [-0.39, 0.29) is 5.91 Å². The van der Waals surface area contributed by atoms with Crippen molar-refractivity contribution >= 4 is 11.6 Å². The van der Waals surface area contributed by atoms with E-state index in [1.165, 1.54) is 5.56 Å². The van der Waals surface area contributed by atoms with Crippen LogP contribution in [-0.4, -0.2) is 52.2 Å². The van der Waals surface area contributed by atoms with Crippen LogP contribution in [0.4, 0.5) is 5.69 Å². The second-order valence-electron chi connectivity index (χ2n) is 6.52. The van der Waals surface area contributed by atoms with E-state index in [0.717, 1.165) is 30.0 Å². The highest BCUT2D eigenvalue weighted by atomic mass is 16.2. The lowest BCUT2D eigenvalue weighted by atomic mass is 10.1. The number of H-pyrrole nitrogens is 1. The van der Waals surface area contributed by atoms with Crippen LogP contribution in [0.1, 0.15) is 16.1 Å². The summed E-state index contributed by atoms with van der Waals surface area (Å²) in [5, 5.41) is 7.20. The second-order valence-corrected chi connectivity index (χ2v) is 6.52. The zero-order valence-electron chi connectivity index (χ0n) is 14.7. The van der Waals surface area contributed by atoms with E-state index < -0.39 is 0 Å². The average molecular weight is 347 g/mol. The number of hydrogen-bond acceptors (Lipinski definition) is 4. The normalized spacial score (nSPS) is 14.5. The number of aryl methyl sites for hydroxylation is 1. The summed E-state index contributed by atoms with van der Waals surface area (Å²) in [4.78, 5) is 21.0. The third kappa shape index (κ3) is 3.31. The van der Waals surface area contributed by atoms with Gasteiger partial charge in [-0.2, -0.15) is 5.10 Å². The Morgan fingerprint density at radius 1 is 1.00 bits per heavy atom. The molecule has 0 aliphatic carbocycles. The maximum atomic E-state index is 12.8. The molecule has 0 saturated carbocycles. The molecule has 26 heavy (non-hydrogen) atoms. The van der Waals surface area contributed by atoms with Gasteiger partial charge < -0.3 is 9.80 Å². The first-order valence-electron chi connectivity index (χ1n) is 8.77. The van der Waals surface area contributed by atoms with E-state index in [2.05, 4.69) is 27.0 Å². The summed E-state index contributed by atoms with van der Waals surface area (Å²) in [6.07, 6.45) is 3.59. The summed E-state index contributed by atoms with van der Waals surface area (Å²) in [6.45, 7) is 5.07. The smallest absolute Gasteiger partial charge is 0.272 e. The first-order valence-corrected chi connectivity index (χ1v) is 8.77. The van der Waals surface area contributed by atoms with E-state index >= 15 is 0 Å². The van der Waals surface area contributed by atoms with Crippen molar-refractivity contribution in [1.82, 2.24) is 20.1 Å². The van der Waals surface area contributed by atoms with Crippen molar-refractivity contribution in [3.63, 3.8) is 0 Å². The van der Waals surface area contributed by atoms with Crippen LogP contribution in [0.15, 0.2) is 54.9 Å². The Balaban J connectivity index is 1.42. The number of carbonyl (C=O) groups is 1. The summed E-state index contributed by atoms with van der Waals surface area (Å²) in [5.74, 6) is 0.00485. The molecule has 4 rings (SSSR count). The molecule has 1 aliphatic rings. The Morgan fingerprint density at radius 2 is 1.69 bits per heavy atom. The quantitative estimate of drug-likeness (QED) is 0.791. The molecule has 3 heterocycles. The van der Waals surface area contributed by atoms with E-state index in [1.54, 1.807) is 12.4 Å². The van der Waals surface area contributed by atoms with Crippen molar-refractivity contribution in [2.24, 2.45) is 0 Å². The molecule has 1 amide bonds. The zero-order valence-corrected chi connectivity index (χ0v) is 14.7. The number of piperazine rings is 1. The van der Waals surface area contributed by atoms with Crippen LogP contribution in [0.2, 0.25) is 0 Å². The van der Waals surface area contributed by atoms with Gasteiger partial charge >= 0.3 is 0 Å².